The molecular formula is C15H16N2. The highest BCUT2D eigenvalue weighted by Gasteiger charge is 2.20. The van der Waals surface area contributed by atoms with Gasteiger partial charge >= 0.3 is 0 Å². The van der Waals surface area contributed by atoms with Gasteiger partial charge in [0.1, 0.15) is 5.84 Å². The van der Waals surface area contributed by atoms with Crippen molar-refractivity contribution in [2.24, 2.45) is 4.99 Å². The van der Waals surface area contributed by atoms with Crippen molar-refractivity contribution < 1.29 is 0 Å². The van der Waals surface area contributed by atoms with Crippen molar-refractivity contribution in [1.29, 1.82) is 0 Å². The van der Waals surface area contributed by atoms with Crippen molar-refractivity contribution in [3.8, 4) is 0 Å². The van der Waals surface area contributed by atoms with Crippen LogP contribution in [0.15, 0.2) is 53.2 Å². The van der Waals surface area contributed by atoms with E-state index in [1.54, 1.807) is 0 Å². The van der Waals surface area contributed by atoms with Gasteiger partial charge in [0, 0.05) is 12.7 Å². The molecule has 0 saturated carbocycles. The lowest BCUT2D eigenvalue weighted by Gasteiger charge is -2.22. The minimum absolute atomic E-state index is 0.239. The number of amidine groups is 1. The van der Waals surface area contributed by atoms with Crippen LogP contribution in [0.1, 0.15) is 31.0 Å². The van der Waals surface area contributed by atoms with E-state index in [2.05, 4.69) is 61.4 Å². The molecule has 0 spiro atoms. The maximum Gasteiger partial charge on any atom is 0.128 e. The van der Waals surface area contributed by atoms with Crippen molar-refractivity contribution >= 4 is 5.84 Å². The molecule has 0 N–H and O–H groups in total. The monoisotopic (exact) mass is 224 g/mol. The number of hydrogen-bond acceptors (Lipinski definition) is 2. The van der Waals surface area contributed by atoms with Crippen molar-refractivity contribution in [3.63, 3.8) is 0 Å². The van der Waals surface area contributed by atoms with Crippen LogP contribution in [0.3, 0.4) is 0 Å². The van der Waals surface area contributed by atoms with Crippen LogP contribution in [0, 0.1) is 0 Å². The van der Waals surface area contributed by atoms with E-state index < -0.39 is 0 Å². The lowest BCUT2D eigenvalue weighted by Crippen LogP contribution is -2.25. The van der Waals surface area contributed by atoms with E-state index in [4.69, 9.17) is 4.99 Å². The largest absolute Gasteiger partial charge is 0.329 e. The van der Waals surface area contributed by atoms with Gasteiger partial charge in [-0.3, -0.25) is 4.99 Å². The molecule has 1 atom stereocenters. The molecule has 2 nitrogen and oxygen atoms in total. The average molecular weight is 224 g/mol. The smallest absolute Gasteiger partial charge is 0.128 e. The van der Waals surface area contributed by atoms with Crippen LogP contribution in [0.5, 0.6) is 0 Å². The lowest BCUT2D eigenvalue weighted by molar-refractivity contribution is 0.551. The topological polar surface area (TPSA) is 15.6 Å². The van der Waals surface area contributed by atoms with Crippen LogP contribution in [-0.4, -0.2) is 10.7 Å². The van der Waals surface area contributed by atoms with Crippen molar-refractivity contribution in [1.82, 2.24) is 4.90 Å². The van der Waals surface area contributed by atoms with Gasteiger partial charge in [0.05, 0.1) is 6.04 Å². The lowest BCUT2D eigenvalue weighted by atomic mass is 10.0. The molecule has 0 amide bonds. The molecule has 2 heterocycles. The predicted octanol–water partition coefficient (Wildman–Crippen LogP) is 3.44. The Kier molecular flexibility index (Phi) is 2.36. The number of fused-ring (bicyclic) bond motifs is 2. The van der Waals surface area contributed by atoms with Gasteiger partial charge in [-0.25, -0.2) is 0 Å². The molecule has 0 bridgehead atoms. The molecule has 0 aromatic heterocycles. The number of rotatable bonds is 0. The van der Waals surface area contributed by atoms with E-state index >= 15 is 0 Å². The molecule has 1 aromatic rings. The third kappa shape index (κ3) is 1.80. The number of allylic oxidation sites excluding steroid dienone is 2. The fourth-order valence-electron chi connectivity index (χ4n) is 2.44. The first kappa shape index (κ1) is 10.3. The second-order valence-corrected chi connectivity index (χ2v) is 4.70. The number of aliphatic imine (C=N–C) groups is 1. The summed E-state index contributed by atoms with van der Waals surface area (Å²) >= 11 is 0. The van der Waals surface area contributed by atoms with Gasteiger partial charge in [0.2, 0.25) is 0 Å². The Hall–Kier alpha value is -1.83. The van der Waals surface area contributed by atoms with Gasteiger partial charge in [-0.05, 0) is 36.6 Å². The Balaban J connectivity index is 2.09. The average Bonchev–Trinajstić information content (AvgIpc) is 2.46. The summed E-state index contributed by atoms with van der Waals surface area (Å²) < 4.78 is 0. The zero-order valence-corrected chi connectivity index (χ0v) is 10.2. The second-order valence-electron chi connectivity index (χ2n) is 4.70. The molecule has 1 aromatic carbocycles. The summed E-state index contributed by atoms with van der Waals surface area (Å²) in [5.41, 5.74) is 3.99. The zero-order valence-electron chi connectivity index (χ0n) is 10.2. The quantitative estimate of drug-likeness (QED) is 0.659. The Morgan fingerprint density at radius 1 is 1.24 bits per heavy atom. The SMILES string of the molecule is CC1=CN2Cc3ccccc3C(C)N=C2C=C1. The molecule has 3 rings (SSSR count). The normalized spacial score (nSPS) is 22.2. The highest BCUT2D eigenvalue weighted by Crippen LogP contribution is 2.28. The van der Waals surface area contributed by atoms with Crippen LogP contribution in [-0.2, 0) is 6.54 Å². The summed E-state index contributed by atoms with van der Waals surface area (Å²) in [6.45, 7) is 5.20. The van der Waals surface area contributed by atoms with E-state index in [0.717, 1.165) is 12.4 Å². The Labute approximate surface area is 102 Å². The molecule has 86 valence electrons. The van der Waals surface area contributed by atoms with Gasteiger partial charge < -0.3 is 4.90 Å². The van der Waals surface area contributed by atoms with Crippen LogP contribution >= 0.6 is 0 Å². The Bertz CT molecular complexity index is 538. The summed E-state index contributed by atoms with van der Waals surface area (Å²) in [4.78, 5) is 7.02. The first-order chi connectivity index (χ1) is 8.24. The third-order valence-electron chi connectivity index (χ3n) is 3.32. The summed E-state index contributed by atoms with van der Waals surface area (Å²) in [6.07, 6.45) is 6.41. The fourth-order valence-corrected chi connectivity index (χ4v) is 2.44. The molecule has 2 heteroatoms. The van der Waals surface area contributed by atoms with Gasteiger partial charge in [-0.1, -0.05) is 30.3 Å². The van der Waals surface area contributed by atoms with E-state index in [-0.39, 0.29) is 6.04 Å². The molecule has 0 radical (unpaired) electrons. The van der Waals surface area contributed by atoms with E-state index in [1.807, 2.05) is 0 Å². The Morgan fingerprint density at radius 2 is 2.06 bits per heavy atom. The van der Waals surface area contributed by atoms with Gasteiger partial charge in [-0.15, -0.1) is 0 Å². The number of hydrogen-bond donors (Lipinski definition) is 0. The molecule has 2 aliphatic rings. The second kappa shape index (κ2) is 3.88. The van der Waals surface area contributed by atoms with Crippen LogP contribution in [0.4, 0.5) is 0 Å². The number of benzene rings is 1. The first-order valence-electron chi connectivity index (χ1n) is 6.03. The summed E-state index contributed by atoms with van der Waals surface area (Å²) in [5, 5.41) is 0. The molecular weight excluding hydrogens is 208 g/mol. The standard InChI is InChI=1S/C15H16N2/c1-11-7-8-15-16-12(2)14-6-4-3-5-13(14)10-17(15)9-11/h3-9,12H,10H2,1-2H3. The molecule has 0 fully saturated rings. The third-order valence-corrected chi connectivity index (χ3v) is 3.32. The van der Waals surface area contributed by atoms with Crippen LogP contribution in [0.2, 0.25) is 0 Å². The molecule has 2 aliphatic heterocycles. The van der Waals surface area contributed by atoms with Gasteiger partial charge in [0.15, 0.2) is 0 Å². The first-order valence-corrected chi connectivity index (χ1v) is 6.03. The fraction of sp³-hybridized carbons (Fsp3) is 0.267. The van der Waals surface area contributed by atoms with Crippen molar-refractivity contribution in [2.45, 2.75) is 26.4 Å². The summed E-state index contributed by atoms with van der Waals surface area (Å²) in [6, 6.07) is 8.82. The molecule has 17 heavy (non-hydrogen) atoms. The number of nitrogens with zero attached hydrogens (tertiary/aromatic N) is 2. The van der Waals surface area contributed by atoms with Gasteiger partial charge in [0.25, 0.3) is 0 Å². The zero-order chi connectivity index (χ0) is 11.8. The maximum atomic E-state index is 4.78. The van der Waals surface area contributed by atoms with Crippen LogP contribution in [0.25, 0.3) is 0 Å². The highest BCUT2D eigenvalue weighted by atomic mass is 15.2. The molecule has 0 aliphatic carbocycles. The minimum Gasteiger partial charge on any atom is -0.329 e. The summed E-state index contributed by atoms with van der Waals surface area (Å²) in [7, 11) is 0. The maximum absolute atomic E-state index is 4.78. The highest BCUT2D eigenvalue weighted by molar-refractivity contribution is 5.95. The summed E-state index contributed by atoms with van der Waals surface area (Å²) in [5.74, 6) is 1.07. The molecule has 1 unspecified atom stereocenters. The van der Waals surface area contributed by atoms with Crippen molar-refractivity contribution in [3.05, 3.63) is 59.3 Å². The van der Waals surface area contributed by atoms with E-state index in [0.29, 0.717) is 0 Å². The minimum atomic E-state index is 0.239. The predicted molar refractivity (Wildman–Crippen MR) is 70.7 cm³/mol. The van der Waals surface area contributed by atoms with E-state index in [9.17, 15) is 0 Å². The van der Waals surface area contributed by atoms with Crippen molar-refractivity contribution in [2.75, 3.05) is 0 Å². The van der Waals surface area contributed by atoms with E-state index in [1.165, 1.54) is 16.7 Å². The van der Waals surface area contributed by atoms with Gasteiger partial charge in [-0.2, -0.15) is 0 Å². The molecule has 0 saturated heterocycles. The van der Waals surface area contributed by atoms with Crippen LogP contribution < -0.4 is 0 Å². The Morgan fingerprint density at radius 3 is 2.94 bits per heavy atom.